The lowest BCUT2D eigenvalue weighted by Gasteiger charge is -2.17. The highest BCUT2D eigenvalue weighted by molar-refractivity contribution is 5.49. The van der Waals surface area contributed by atoms with Gasteiger partial charge in [0.2, 0.25) is 0 Å². The third-order valence-corrected chi connectivity index (χ3v) is 3.46. The number of allylic oxidation sites excluding steroid dienone is 1. The van der Waals surface area contributed by atoms with Crippen LogP contribution >= 0.6 is 0 Å². The molecule has 20 heavy (non-hydrogen) atoms. The SMILES string of the molecule is C=C[C@H](c1ccc(N(C)C)cc1)c1cccc(OC)c1. The summed E-state index contributed by atoms with van der Waals surface area (Å²) in [5.41, 5.74) is 3.62. The van der Waals surface area contributed by atoms with E-state index >= 15 is 0 Å². The Morgan fingerprint density at radius 1 is 1.05 bits per heavy atom. The molecule has 0 saturated heterocycles. The van der Waals surface area contributed by atoms with E-state index in [2.05, 4.69) is 47.9 Å². The number of nitrogens with zero attached hydrogens (tertiary/aromatic N) is 1. The Labute approximate surface area is 121 Å². The molecule has 0 unspecified atom stereocenters. The molecule has 2 aromatic carbocycles. The molecule has 0 heterocycles. The summed E-state index contributed by atoms with van der Waals surface area (Å²) in [6, 6.07) is 16.7. The minimum absolute atomic E-state index is 0.182. The summed E-state index contributed by atoms with van der Waals surface area (Å²) in [6.45, 7) is 3.98. The van der Waals surface area contributed by atoms with Gasteiger partial charge in [0.05, 0.1) is 7.11 Å². The molecule has 2 aromatic rings. The number of hydrogen-bond acceptors (Lipinski definition) is 2. The van der Waals surface area contributed by atoms with Crippen molar-refractivity contribution in [2.75, 3.05) is 26.1 Å². The van der Waals surface area contributed by atoms with Gasteiger partial charge in [0.25, 0.3) is 0 Å². The molecule has 2 heteroatoms. The van der Waals surface area contributed by atoms with Crippen molar-refractivity contribution in [3.63, 3.8) is 0 Å². The van der Waals surface area contributed by atoms with Crippen LogP contribution in [-0.4, -0.2) is 21.2 Å². The summed E-state index contributed by atoms with van der Waals surface area (Å²) < 4.78 is 5.29. The molecular formula is C18H21NO. The first-order chi connectivity index (χ1) is 9.65. The monoisotopic (exact) mass is 267 g/mol. The largest absolute Gasteiger partial charge is 0.497 e. The molecule has 0 saturated carbocycles. The van der Waals surface area contributed by atoms with Crippen LogP contribution in [0.15, 0.2) is 61.2 Å². The molecule has 0 spiro atoms. The normalized spacial score (nSPS) is 11.8. The minimum atomic E-state index is 0.182. The van der Waals surface area contributed by atoms with E-state index in [0.29, 0.717) is 0 Å². The number of methoxy groups -OCH3 is 1. The Hall–Kier alpha value is -2.22. The van der Waals surface area contributed by atoms with E-state index in [0.717, 1.165) is 5.75 Å². The van der Waals surface area contributed by atoms with Gasteiger partial charge in [0.15, 0.2) is 0 Å². The van der Waals surface area contributed by atoms with E-state index in [4.69, 9.17) is 4.74 Å². The van der Waals surface area contributed by atoms with Gasteiger partial charge in [-0.05, 0) is 35.4 Å². The van der Waals surface area contributed by atoms with Gasteiger partial charge in [-0.1, -0.05) is 30.3 Å². The van der Waals surface area contributed by atoms with E-state index in [1.54, 1.807) is 7.11 Å². The van der Waals surface area contributed by atoms with Gasteiger partial charge in [-0.2, -0.15) is 0 Å². The van der Waals surface area contributed by atoms with E-state index in [-0.39, 0.29) is 5.92 Å². The molecule has 0 fully saturated rings. The summed E-state index contributed by atoms with van der Waals surface area (Å²) in [5.74, 6) is 1.06. The molecule has 104 valence electrons. The lowest BCUT2D eigenvalue weighted by atomic mass is 9.91. The second-order valence-corrected chi connectivity index (χ2v) is 4.98. The van der Waals surface area contributed by atoms with Crippen molar-refractivity contribution in [3.8, 4) is 5.75 Å². The number of benzene rings is 2. The van der Waals surface area contributed by atoms with E-state index in [1.807, 2.05) is 32.3 Å². The van der Waals surface area contributed by atoms with Crippen molar-refractivity contribution in [2.45, 2.75) is 5.92 Å². The van der Waals surface area contributed by atoms with Crippen molar-refractivity contribution in [1.29, 1.82) is 0 Å². The van der Waals surface area contributed by atoms with Crippen LogP contribution in [0.2, 0.25) is 0 Å². The van der Waals surface area contributed by atoms with Crippen molar-refractivity contribution in [3.05, 3.63) is 72.3 Å². The highest BCUT2D eigenvalue weighted by atomic mass is 16.5. The maximum absolute atomic E-state index is 5.29. The van der Waals surface area contributed by atoms with E-state index in [9.17, 15) is 0 Å². The first kappa shape index (κ1) is 14.2. The van der Waals surface area contributed by atoms with Gasteiger partial charge in [0.1, 0.15) is 5.75 Å². The second-order valence-electron chi connectivity index (χ2n) is 4.98. The predicted octanol–water partition coefficient (Wildman–Crippen LogP) is 4.08. The van der Waals surface area contributed by atoms with Gasteiger partial charge in [-0.15, -0.1) is 6.58 Å². The summed E-state index contributed by atoms with van der Waals surface area (Å²) in [7, 11) is 5.78. The minimum Gasteiger partial charge on any atom is -0.497 e. The van der Waals surface area contributed by atoms with Gasteiger partial charge >= 0.3 is 0 Å². The number of anilines is 1. The molecule has 0 aromatic heterocycles. The zero-order valence-corrected chi connectivity index (χ0v) is 12.3. The third-order valence-electron chi connectivity index (χ3n) is 3.46. The second kappa shape index (κ2) is 6.29. The van der Waals surface area contributed by atoms with Gasteiger partial charge in [-0.25, -0.2) is 0 Å². The summed E-state index contributed by atoms with van der Waals surface area (Å²) in [5, 5.41) is 0. The molecule has 0 aliphatic heterocycles. The van der Waals surface area contributed by atoms with Crippen LogP contribution in [0.1, 0.15) is 17.0 Å². The molecule has 2 rings (SSSR count). The Morgan fingerprint density at radius 2 is 1.75 bits per heavy atom. The zero-order chi connectivity index (χ0) is 14.5. The van der Waals surface area contributed by atoms with Crippen molar-refractivity contribution in [2.24, 2.45) is 0 Å². The van der Waals surface area contributed by atoms with Crippen LogP contribution in [0.3, 0.4) is 0 Å². The quantitative estimate of drug-likeness (QED) is 0.757. The molecular weight excluding hydrogens is 246 g/mol. The summed E-state index contributed by atoms with van der Waals surface area (Å²) in [4.78, 5) is 2.10. The molecule has 2 nitrogen and oxygen atoms in total. The van der Waals surface area contributed by atoms with Crippen LogP contribution in [0.4, 0.5) is 5.69 Å². The average Bonchev–Trinajstić information content (AvgIpc) is 2.49. The standard InChI is InChI=1S/C18H21NO/c1-5-18(15-7-6-8-17(13-15)20-4)14-9-11-16(12-10-14)19(2)3/h5-13,18H,1H2,2-4H3/t18-/m1/s1. The van der Waals surface area contributed by atoms with Crippen molar-refractivity contribution < 1.29 is 4.74 Å². The fraction of sp³-hybridized carbons (Fsp3) is 0.222. The zero-order valence-electron chi connectivity index (χ0n) is 12.3. The number of ether oxygens (including phenoxy) is 1. The lowest BCUT2D eigenvalue weighted by Crippen LogP contribution is -2.08. The average molecular weight is 267 g/mol. The fourth-order valence-corrected chi connectivity index (χ4v) is 2.28. The Balaban J connectivity index is 2.33. The predicted molar refractivity (Wildman–Crippen MR) is 85.8 cm³/mol. The summed E-state index contributed by atoms with van der Waals surface area (Å²) in [6.07, 6.45) is 1.97. The van der Waals surface area contributed by atoms with E-state index < -0.39 is 0 Å². The van der Waals surface area contributed by atoms with Crippen LogP contribution in [0.25, 0.3) is 0 Å². The molecule has 0 amide bonds. The smallest absolute Gasteiger partial charge is 0.119 e. The maximum atomic E-state index is 5.29. The first-order valence-electron chi connectivity index (χ1n) is 6.69. The van der Waals surface area contributed by atoms with Crippen LogP contribution < -0.4 is 9.64 Å². The molecule has 0 aliphatic carbocycles. The fourth-order valence-electron chi connectivity index (χ4n) is 2.28. The molecule has 1 atom stereocenters. The van der Waals surface area contributed by atoms with Crippen LogP contribution in [0.5, 0.6) is 5.75 Å². The molecule has 0 N–H and O–H groups in total. The highest BCUT2D eigenvalue weighted by Gasteiger charge is 2.11. The molecule has 0 bridgehead atoms. The maximum Gasteiger partial charge on any atom is 0.119 e. The van der Waals surface area contributed by atoms with Gasteiger partial charge in [-0.3, -0.25) is 0 Å². The Morgan fingerprint density at radius 3 is 2.30 bits per heavy atom. The van der Waals surface area contributed by atoms with Crippen LogP contribution in [-0.2, 0) is 0 Å². The highest BCUT2D eigenvalue weighted by Crippen LogP contribution is 2.29. The molecule has 0 aliphatic rings. The lowest BCUT2D eigenvalue weighted by molar-refractivity contribution is 0.414. The van der Waals surface area contributed by atoms with E-state index in [1.165, 1.54) is 16.8 Å². The van der Waals surface area contributed by atoms with Gasteiger partial charge < -0.3 is 9.64 Å². The van der Waals surface area contributed by atoms with Gasteiger partial charge in [0, 0.05) is 25.7 Å². The topological polar surface area (TPSA) is 12.5 Å². The van der Waals surface area contributed by atoms with Crippen molar-refractivity contribution >= 4 is 5.69 Å². The third kappa shape index (κ3) is 3.02. The Kier molecular flexibility index (Phi) is 4.46. The molecule has 0 radical (unpaired) electrons. The summed E-state index contributed by atoms with van der Waals surface area (Å²) >= 11 is 0. The van der Waals surface area contributed by atoms with Crippen LogP contribution in [0, 0.1) is 0 Å². The van der Waals surface area contributed by atoms with Crippen molar-refractivity contribution in [1.82, 2.24) is 0 Å². The Bertz CT molecular complexity index is 572. The first-order valence-corrected chi connectivity index (χ1v) is 6.69. The number of hydrogen-bond donors (Lipinski definition) is 0. The number of rotatable bonds is 5.